The Morgan fingerprint density at radius 2 is 1.97 bits per heavy atom. The van der Waals surface area contributed by atoms with Gasteiger partial charge in [-0.15, -0.1) is 0 Å². The lowest BCUT2D eigenvalue weighted by Gasteiger charge is -2.32. The lowest BCUT2D eigenvalue weighted by Crippen LogP contribution is -2.32. The first kappa shape index (κ1) is 19.8. The highest BCUT2D eigenvalue weighted by atomic mass is 19.3. The molecular formula is C22H25F2N3O2. The molecule has 0 unspecified atom stereocenters. The van der Waals surface area contributed by atoms with Crippen LogP contribution in [0.3, 0.4) is 0 Å². The Morgan fingerprint density at radius 3 is 2.66 bits per heavy atom. The number of ether oxygens (including phenoxy) is 1. The maximum Gasteiger partial charge on any atom is 0.264 e. The number of hydrogen-bond acceptors (Lipinski definition) is 5. The van der Waals surface area contributed by atoms with Gasteiger partial charge in [0.2, 0.25) is 0 Å². The third-order valence-electron chi connectivity index (χ3n) is 5.74. The standard InChI is InChI=1S/C22H25F2N3O2/c1-13-4-5-19(28-3)16(10-13)12-27-8-6-15(7-9-27)18-11-17(21(23)24)20-14(2)26-29-22(20)25-18/h4-5,10-11,15,21H,6-9,12H2,1-3H3. The van der Waals surface area contributed by atoms with Crippen molar-refractivity contribution in [2.75, 3.05) is 20.2 Å². The molecule has 2 aromatic heterocycles. The van der Waals surface area contributed by atoms with Crippen molar-refractivity contribution in [3.05, 3.63) is 52.3 Å². The number of halogens is 2. The Hall–Kier alpha value is -2.54. The summed E-state index contributed by atoms with van der Waals surface area (Å²) in [5, 5.41) is 4.16. The smallest absolute Gasteiger partial charge is 0.264 e. The van der Waals surface area contributed by atoms with Crippen LogP contribution in [0, 0.1) is 13.8 Å². The summed E-state index contributed by atoms with van der Waals surface area (Å²) >= 11 is 0. The van der Waals surface area contributed by atoms with Gasteiger partial charge in [-0.3, -0.25) is 4.90 Å². The Labute approximate surface area is 168 Å². The largest absolute Gasteiger partial charge is 0.496 e. The van der Waals surface area contributed by atoms with Crippen molar-refractivity contribution >= 4 is 11.1 Å². The fourth-order valence-electron chi connectivity index (χ4n) is 4.19. The van der Waals surface area contributed by atoms with Gasteiger partial charge in [0.15, 0.2) is 0 Å². The number of piperidine rings is 1. The molecule has 0 radical (unpaired) electrons. The van der Waals surface area contributed by atoms with Gasteiger partial charge in [-0.05, 0) is 51.9 Å². The van der Waals surface area contributed by atoms with E-state index in [0.717, 1.165) is 38.2 Å². The number of aryl methyl sites for hydroxylation is 2. The van der Waals surface area contributed by atoms with Crippen LogP contribution < -0.4 is 4.74 Å². The monoisotopic (exact) mass is 401 g/mol. The Bertz CT molecular complexity index is 1010. The number of pyridine rings is 1. The number of hydrogen-bond donors (Lipinski definition) is 0. The molecule has 1 aliphatic rings. The van der Waals surface area contributed by atoms with Crippen LogP contribution in [0.4, 0.5) is 8.78 Å². The quantitative estimate of drug-likeness (QED) is 0.591. The number of rotatable bonds is 5. The summed E-state index contributed by atoms with van der Waals surface area (Å²) in [6, 6.07) is 7.74. The van der Waals surface area contributed by atoms with Gasteiger partial charge >= 0.3 is 0 Å². The van der Waals surface area contributed by atoms with Crippen LogP contribution in [-0.2, 0) is 6.54 Å². The lowest BCUT2D eigenvalue weighted by molar-refractivity contribution is 0.152. The molecule has 1 aromatic carbocycles. The molecule has 5 nitrogen and oxygen atoms in total. The second-order valence-corrected chi connectivity index (χ2v) is 7.75. The maximum absolute atomic E-state index is 13.6. The molecule has 1 aliphatic heterocycles. The molecule has 0 spiro atoms. The highest BCUT2D eigenvalue weighted by molar-refractivity contribution is 5.80. The van der Waals surface area contributed by atoms with E-state index in [1.54, 1.807) is 20.1 Å². The zero-order chi connectivity index (χ0) is 20.5. The molecule has 0 bridgehead atoms. The Morgan fingerprint density at radius 1 is 1.21 bits per heavy atom. The van der Waals surface area contributed by atoms with Crippen molar-refractivity contribution in [3.8, 4) is 5.75 Å². The predicted molar refractivity (Wildman–Crippen MR) is 106 cm³/mol. The number of fused-ring (bicyclic) bond motifs is 1. The van der Waals surface area contributed by atoms with Crippen molar-refractivity contribution in [3.63, 3.8) is 0 Å². The van der Waals surface area contributed by atoms with E-state index in [4.69, 9.17) is 9.26 Å². The van der Waals surface area contributed by atoms with E-state index in [2.05, 4.69) is 28.0 Å². The predicted octanol–water partition coefficient (Wildman–Crippen LogP) is 5.17. The minimum absolute atomic E-state index is 0.0318. The number of benzene rings is 1. The average Bonchev–Trinajstić information content (AvgIpc) is 3.09. The summed E-state index contributed by atoms with van der Waals surface area (Å²) in [4.78, 5) is 6.88. The van der Waals surface area contributed by atoms with Crippen molar-refractivity contribution < 1.29 is 18.0 Å². The first-order valence-electron chi connectivity index (χ1n) is 9.87. The highest BCUT2D eigenvalue weighted by Gasteiger charge is 2.26. The van der Waals surface area contributed by atoms with Gasteiger partial charge in [-0.1, -0.05) is 22.9 Å². The molecule has 0 amide bonds. The number of likely N-dealkylation sites (tertiary alicyclic amines) is 1. The van der Waals surface area contributed by atoms with Gasteiger partial charge < -0.3 is 9.26 Å². The molecule has 0 N–H and O–H groups in total. The number of methoxy groups -OCH3 is 1. The zero-order valence-electron chi connectivity index (χ0n) is 16.9. The van der Waals surface area contributed by atoms with Crippen LogP contribution >= 0.6 is 0 Å². The van der Waals surface area contributed by atoms with Crippen molar-refractivity contribution in [1.29, 1.82) is 0 Å². The van der Waals surface area contributed by atoms with Crippen LogP contribution in [0.2, 0.25) is 0 Å². The summed E-state index contributed by atoms with van der Waals surface area (Å²) < 4.78 is 37.9. The molecule has 0 saturated carbocycles. The van der Waals surface area contributed by atoms with Crippen molar-refractivity contribution in [2.45, 2.75) is 45.6 Å². The fourth-order valence-corrected chi connectivity index (χ4v) is 4.19. The normalized spacial score (nSPS) is 16.1. The van der Waals surface area contributed by atoms with E-state index < -0.39 is 6.43 Å². The third-order valence-corrected chi connectivity index (χ3v) is 5.74. The van der Waals surface area contributed by atoms with Gasteiger partial charge in [0.25, 0.3) is 12.1 Å². The lowest BCUT2D eigenvalue weighted by atomic mass is 9.91. The average molecular weight is 401 g/mol. The third kappa shape index (κ3) is 3.96. The summed E-state index contributed by atoms with van der Waals surface area (Å²) in [5.41, 5.74) is 3.68. The molecule has 1 fully saturated rings. The summed E-state index contributed by atoms with van der Waals surface area (Å²) in [6.45, 7) is 6.30. The Kier molecular flexibility index (Phi) is 5.50. The molecule has 3 aromatic rings. The van der Waals surface area contributed by atoms with Gasteiger partial charge in [-0.2, -0.15) is 0 Å². The van der Waals surface area contributed by atoms with Gasteiger partial charge in [0.05, 0.1) is 18.2 Å². The van der Waals surface area contributed by atoms with Crippen LogP contribution in [0.25, 0.3) is 11.1 Å². The molecule has 29 heavy (non-hydrogen) atoms. The number of alkyl halides is 2. The molecule has 154 valence electrons. The summed E-state index contributed by atoms with van der Waals surface area (Å²) in [6.07, 6.45) is -0.851. The highest BCUT2D eigenvalue weighted by Crippen LogP contribution is 2.35. The van der Waals surface area contributed by atoms with E-state index in [9.17, 15) is 8.78 Å². The van der Waals surface area contributed by atoms with E-state index in [-0.39, 0.29) is 17.2 Å². The van der Waals surface area contributed by atoms with Crippen molar-refractivity contribution in [1.82, 2.24) is 15.0 Å². The van der Waals surface area contributed by atoms with Gasteiger partial charge in [-0.25, -0.2) is 13.8 Å². The molecule has 1 saturated heterocycles. The zero-order valence-corrected chi connectivity index (χ0v) is 16.9. The minimum Gasteiger partial charge on any atom is -0.496 e. The summed E-state index contributed by atoms with van der Waals surface area (Å²) in [5.74, 6) is 1.03. The fraction of sp³-hybridized carbons (Fsp3) is 0.455. The van der Waals surface area contributed by atoms with E-state index in [1.165, 1.54) is 11.1 Å². The molecule has 7 heteroatoms. The topological polar surface area (TPSA) is 51.4 Å². The van der Waals surface area contributed by atoms with E-state index >= 15 is 0 Å². The van der Waals surface area contributed by atoms with Gasteiger partial charge in [0.1, 0.15) is 5.75 Å². The molecule has 0 atom stereocenters. The van der Waals surface area contributed by atoms with Crippen LogP contribution in [-0.4, -0.2) is 35.2 Å². The molecule has 3 heterocycles. The summed E-state index contributed by atoms with van der Waals surface area (Å²) in [7, 11) is 1.69. The number of nitrogens with zero attached hydrogens (tertiary/aromatic N) is 3. The minimum atomic E-state index is -2.58. The van der Waals surface area contributed by atoms with Crippen LogP contribution in [0.5, 0.6) is 5.75 Å². The second kappa shape index (κ2) is 8.06. The van der Waals surface area contributed by atoms with Crippen molar-refractivity contribution in [2.24, 2.45) is 0 Å². The first-order chi connectivity index (χ1) is 14.0. The molecule has 4 rings (SSSR count). The second-order valence-electron chi connectivity index (χ2n) is 7.75. The first-order valence-corrected chi connectivity index (χ1v) is 9.87. The maximum atomic E-state index is 13.6. The van der Waals surface area contributed by atoms with E-state index in [0.29, 0.717) is 16.8 Å². The van der Waals surface area contributed by atoms with E-state index in [1.807, 2.05) is 12.1 Å². The Balaban J connectivity index is 1.49. The molecular weight excluding hydrogens is 376 g/mol. The van der Waals surface area contributed by atoms with Gasteiger partial charge in [0, 0.05) is 29.3 Å². The molecule has 0 aliphatic carbocycles. The van der Waals surface area contributed by atoms with Crippen LogP contribution in [0.15, 0.2) is 28.8 Å². The SMILES string of the molecule is COc1ccc(C)cc1CN1CCC(c2cc(C(F)F)c3c(C)noc3n2)CC1. The number of aromatic nitrogens is 2. The van der Waals surface area contributed by atoms with Crippen LogP contribution in [0.1, 0.15) is 53.3 Å².